The fourth-order valence-electron chi connectivity index (χ4n) is 3.38. The van der Waals surface area contributed by atoms with Crippen molar-refractivity contribution in [3.63, 3.8) is 0 Å². The van der Waals surface area contributed by atoms with Crippen molar-refractivity contribution < 1.29 is 10.2 Å². The van der Waals surface area contributed by atoms with Gasteiger partial charge in [0.05, 0.1) is 0 Å². The van der Waals surface area contributed by atoms with Crippen LogP contribution in [0.15, 0.2) is 36.4 Å². The summed E-state index contributed by atoms with van der Waals surface area (Å²) in [6.07, 6.45) is 0. The molecule has 0 amide bonds. The molecule has 0 aromatic heterocycles. The van der Waals surface area contributed by atoms with E-state index in [9.17, 15) is 10.2 Å². The molecule has 0 saturated carbocycles. The van der Waals surface area contributed by atoms with Gasteiger partial charge in [0.25, 0.3) is 0 Å². The Morgan fingerprint density at radius 3 is 1.26 bits per heavy atom. The number of hydrogen-bond donors (Lipinski definition) is 2. The van der Waals surface area contributed by atoms with Gasteiger partial charge in [0.1, 0.15) is 11.5 Å². The minimum Gasteiger partial charge on any atom is -0.508 e. The monoisotopic (exact) mass is 386 g/mol. The van der Waals surface area contributed by atoms with Gasteiger partial charge in [-0.3, -0.25) is 0 Å². The van der Waals surface area contributed by atoms with Crippen LogP contribution in [0.2, 0.25) is 0 Å². The van der Waals surface area contributed by atoms with Crippen LogP contribution in [0.5, 0.6) is 11.5 Å². The summed E-state index contributed by atoms with van der Waals surface area (Å²) in [5.41, 5.74) is 4.43. The molecule has 0 aliphatic carbocycles. The summed E-state index contributed by atoms with van der Waals surface area (Å²) in [5, 5.41) is 20.4. The Morgan fingerprint density at radius 1 is 0.667 bits per heavy atom. The van der Waals surface area contributed by atoms with Crippen LogP contribution in [0, 0.1) is 24.7 Å². The van der Waals surface area contributed by atoms with Gasteiger partial charge < -0.3 is 10.2 Å². The van der Waals surface area contributed by atoms with E-state index in [4.69, 9.17) is 0 Å². The van der Waals surface area contributed by atoms with Crippen molar-refractivity contribution in [3.05, 3.63) is 58.7 Å². The first-order valence-electron chi connectivity index (χ1n) is 9.55. The molecule has 27 heavy (non-hydrogen) atoms. The van der Waals surface area contributed by atoms with E-state index in [1.165, 1.54) is 11.1 Å². The van der Waals surface area contributed by atoms with Crippen LogP contribution in [-0.4, -0.2) is 10.2 Å². The number of benzene rings is 2. The molecule has 0 aliphatic rings. The zero-order chi connectivity index (χ0) is 20.6. The second-order valence-corrected chi connectivity index (χ2v) is 10.9. The van der Waals surface area contributed by atoms with Gasteiger partial charge in [-0.15, -0.1) is 11.8 Å². The molecule has 0 fully saturated rings. The third kappa shape index (κ3) is 5.22. The molecule has 0 aliphatic heterocycles. The van der Waals surface area contributed by atoms with Crippen LogP contribution >= 0.6 is 11.8 Å². The van der Waals surface area contributed by atoms with Crippen molar-refractivity contribution in [2.45, 2.75) is 65.9 Å². The van der Waals surface area contributed by atoms with E-state index < -0.39 is 0 Å². The highest BCUT2D eigenvalue weighted by Gasteiger charge is 2.35. The highest BCUT2D eigenvalue weighted by molar-refractivity contribution is 7.99. The Morgan fingerprint density at radius 2 is 1.00 bits per heavy atom. The molecular formula is C24H34O2S. The third-order valence-corrected chi connectivity index (χ3v) is 7.40. The van der Waals surface area contributed by atoms with Gasteiger partial charge in [-0.1, -0.05) is 65.8 Å². The van der Waals surface area contributed by atoms with Crippen LogP contribution < -0.4 is 0 Å². The molecule has 2 atom stereocenters. The number of aromatic hydroxyl groups is 2. The molecule has 0 spiro atoms. The molecule has 2 rings (SSSR count). The highest BCUT2D eigenvalue weighted by atomic mass is 32.2. The zero-order valence-electron chi connectivity index (χ0n) is 17.9. The van der Waals surface area contributed by atoms with Crippen LogP contribution in [0.1, 0.15) is 74.3 Å². The topological polar surface area (TPSA) is 40.5 Å². The molecule has 2 nitrogen and oxygen atoms in total. The fourth-order valence-corrected chi connectivity index (χ4v) is 5.08. The van der Waals surface area contributed by atoms with Gasteiger partial charge in [0, 0.05) is 10.5 Å². The Hall–Kier alpha value is -1.61. The maximum Gasteiger partial charge on any atom is 0.118 e. The van der Waals surface area contributed by atoms with Crippen molar-refractivity contribution in [1.82, 2.24) is 0 Å². The Balaban J connectivity index is 2.50. The van der Waals surface area contributed by atoms with Gasteiger partial charge >= 0.3 is 0 Å². The first-order valence-corrected chi connectivity index (χ1v) is 10.5. The van der Waals surface area contributed by atoms with Crippen LogP contribution in [0.4, 0.5) is 0 Å². The summed E-state index contributed by atoms with van der Waals surface area (Å²) >= 11 is 1.98. The van der Waals surface area contributed by atoms with Gasteiger partial charge in [-0.2, -0.15) is 0 Å². The normalized spacial score (nSPS) is 14.8. The van der Waals surface area contributed by atoms with Crippen molar-refractivity contribution in [1.29, 1.82) is 0 Å². The van der Waals surface area contributed by atoms with Gasteiger partial charge in [-0.05, 0) is 59.1 Å². The third-order valence-electron chi connectivity index (χ3n) is 4.89. The molecule has 148 valence electrons. The predicted octanol–water partition coefficient (Wildman–Crippen LogP) is 7.32. The molecule has 2 unspecified atom stereocenters. The molecule has 0 radical (unpaired) electrons. The Bertz CT molecular complexity index is 730. The number of phenols is 2. The minimum atomic E-state index is 0.0591. The van der Waals surface area contributed by atoms with Crippen LogP contribution in [-0.2, 0) is 0 Å². The number of rotatable bonds is 4. The van der Waals surface area contributed by atoms with Gasteiger partial charge in [-0.25, -0.2) is 0 Å². The number of hydrogen-bond acceptors (Lipinski definition) is 3. The minimum absolute atomic E-state index is 0.0591. The lowest BCUT2D eigenvalue weighted by Crippen LogP contribution is -2.22. The highest BCUT2D eigenvalue weighted by Crippen LogP contribution is 2.55. The summed E-state index contributed by atoms with van der Waals surface area (Å²) in [5.74, 6) is 0.691. The summed E-state index contributed by atoms with van der Waals surface area (Å²) in [4.78, 5) is 0. The van der Waals surface area contributed by atoms with Crippen molar-refractivity contribution in [2.75, 3.05) is 0 Å². The second-order valence-electron chi connectivity index (χ2n) is 9.72. The standard InChI is InChI=1S/C24H34O2S/c1-15-13-17(9-11-19(15)25)21(23(3,4)5)27-22(24(6,7)8)18-10-12-20(26)16(2)14-18/h9-14,21-22,25-26H,1-8H3. The molecule has 3 heteroatoms. The van der Waals surface area contributed by atoms with E-state index in [1.807, 2.05) is 37.7 Å². The Labute approximate surface area is 169 Å². The summed E-state index contributed by atoms with van der Waals surface area (Å²) in [6.45, 7) is 17.5. The number of aryl methyl sites for hydroxylation is 2. The number of phenolic OH excluding ortho intramolecular Hbond substituents is 2. The van der Waals surface area contributed by atoms with Crippen molar-refractivity contribution in [3.8, 4) is 11.5 Å². The SMILES string of the molecule is Cc1cc(C(SC(c2ccc(O)c(C)c2)C(C)(C)C)C(C)(C)C)ccc1O. The summed E-state index contributed by atoms with van der Waals surface area (Å²) in [6, 6.07) is 11.9. The summed E-state index contributed by atoms with van der Waals surface area (Å²) in [7, 11) is 0. The average Bonchev–Trinajstić information content (AvgIpc) is 2.51. The van der Waals surface area contributed by atoms with Crippen LogP contribution in [0.25, 0.3) is 0 Å². The Kier molecular flexibility index (Phi) is 6.26. The first kappa shape index (κ1) is 21.7. The molecule has 0 saturated heterocycles. The largest absolute Gasteiger partial charge is 0.508 e. The molecule has 0 heterocycles. The lowest BCUT2D eigenvalue weighted by molar-refractivity contribution is 0.378. The second kappa shape index (κ2) is 7.79. The van der Waals surface area contributed by atoms with E-state index >= 15 is 0 Å². The van der Waals surface area contributed by atoms with E-state index in [1.54, 1.807) is 12.1 Å². The van der Waals surface area contributed by atoms with E-state index in [0.717, 1.165) is 11.1 Å². The van der Waals surface area contributed by atoms with Gasteiger partial charge in [0.15, 0.2) is 0 Å². The van der Waals surface area contributed by atoms with Crippen LogP contribution in [0.3, 0.4) is 0 Å². The molecule has 0 bridgehead atoms. The summed E-state index contributed by atoms with van der Waals surface area (Å²) < 4.78 is 0. The molecule has 2 aromatic rings. The van der Waals surface area contributed by atoms with E-state index in [0.29, 0.717) is 11.5 Å². The quantitative estimate of drug-likeness (QED) is 0.578. The fraction of sp³-hybridized carbons (Fsp3) is 0.500. The lowest BCUT2D eigenvalue weighted by Gasteiger charge is -2.39. The maximum absolute atomic E-state index is 9.94. The lowest BCUT2D eigenvalue weighted by atomic mass is 9.86. The molecule has 2 N–H and O–H groups in total. The smallest absolute Gasteiger partial charge is 0.118 e. The van der Waals surface area contributed by atoms with Crippen molar-refractivity contribution in [2.24, 2.45) is 10.8 Å². The zero-order valence-corrected chi connectivity index (χ0v) is 18.7. The van der Waals surface area contributed by atoms with E-state index in [-0.39, 0.29) is 21.3 Å². The molecule has 2 aromatic carbocycles. The maximum atomic E-state index is 9.94. The average molecular weight is 387 g/mol. The van der Waals surface area contributed by atoms with E-state index in [2.05, 4.69) is 53.7 Å². The number of thioether (sulfide) groups is 1. The van der Waals surface area contributed by atoms with Crippen molar-refractivity contribution >= 4 is 11.8 Å². The predicted molar refractivity (Wildman–Crippen MR) is 118 cm³/mol. The first-order chi connectivity index (χ1) is 12.3. The molecular weight excluding hydrogens is 352 g/mol. The van der Waals surface area contributed by atoms with Gasteiger partial charge in [0.2, 0.25) is 0 Å².